The number of nitrogens with zero attached hydrogens (tertiary/aromatic N) is 2. The van der Waals surface area contributed by atoms with Gasteiger partial charge in [-0.3, -0.25) is 24.6 Å². The Morgan fingerprint density at radius 3 is 2.58 bits per heavy atom. The summed E-state index contributed by atoms with van der Waals surface area (Å²) in [5.41, 5.74) is -1.97. The van der Waals surface area contributed by atoms with Crippen LogP contribution in [0.4, 0.5) is 11.4 Å². The summed E-state index contributed by atoms with van der Waals surface area (Å²) in [4.78, 5) is 37.1. The third kappa shape index (κ3) is 2.62. The van der Waals surface area contributed by atoms with Gasteiger partial charge in [-0.05, 0) is 12.1 Å². The van der Waals surface area contributed by atoms with Crippen molar-refractivity contribution < 1.29 is 19.6 Å². The molecule has 0 saturated carbocycles. The van der Waals surface area contributed by atoms with Crippen molar-refractivity contribution in [2.24, 2.45) is 0 Å². The van der Waals surface area contributed by atoms with Crippen molar-refractivity contribution in [1.29, 1.82) is 0 Å². The average Bonchev–Trinajstić information content (AvgIpc) is 2.84. The zero-order valence-electron chi connectivity index (χ0n) is 13.6. The first-order valence-electron chi connectivity index (χ1n) is 7.74. The number of ketones is 1. The van der Waals surface area contributed by atoms with Crippen LogP contribution in [0.1, 0.15) is 22.3 Å². The zero-order valence-corrected chi connectivity index (χ0v) is 13.6. The first-order valence-corrected chi connectivity index (χ1v) is 7.74. The van der Waals surface area contributed by atoms with Crippen molar-refractivity contribution in [3.05, 3.63) is 69.8 Å². The Kier molecular flexibility index (Phi) is 4.28. The van der Waals surface area contributed by atoms with Crippen LogP contribution in [0.15, 0.2) is 48.5 Å². The number of carbonyl (C=O) groups excluding carboxylic acids is 2. The second kappa shape index (κ2) is 6.43. The summed E-state index contributed by atoms with van der Waals surface area (Å²) in [5.74, 6) is 0.925. The fourth-order valence-corrected chi connectivity index (χ4v) is 3.12. The molecule has 130 valence electrons. The van der Waals surface area contributed by atoms with Crippen molar-refractivity contribution in [3.8, 4) is 12.3 Å². The maximum Gasteiger partial charge on any atom is 0.280 e. The van der Waals surface area contributed by atoms with Gasteiger partial charge in [-0.25, -0.2) is 0 Å². The van der Waals surface area contributed by atoms with Gasteiger partial charge in [0.25, 0.3) is 11.6 Å². The molecule has 7 nitrogen and oxygen atoms in total. The smallest absolute Gasteiger partial charge is 0.280 e. The monoisotopic (exact) mass is 350 g/mol. The number of hydrogen-bond donors (Lipinski definition) is 1. The van der Waals surface area contributed by atoms with Gasteiger partial charge < -0.3 is 5.11 Å². The Bertz CT molecular complexity index is 962. The van der Waals surface area contributed by atoms with Gasteiger partial charge in [-0.15, -0.1) is 6.42 Å². The molecule has 0 aromatic heterocycles. The molecule has 0 aliphatic carbocycles. The quantitative estimate of drug-likeness (QED) is 0.385. The van der Waals surface area contributed by atoms with E-state index in [1.54, 1.807) is 18.2 Å². The molecule has 1 unspecified atom stereocenters. The molecule has 0 spiro atoms. The minimum atomic E-state index is -2.12. The lowest BCUT2D eigenvalue weighted by molar-refractivity contribution is -0.385. The largest absolute Gasteiger partial charge is 0.375 e. The lowest BCUT2D eigenvalue weighted by Gasteiger charge is -2.21. The van der Waals surface area contributed by atoms with Crippen LogP contribution in [0.5, 0.6) is 0 Å². The van der Waals surface area contributed by atoms with Crippen LogP contribution in [0.2, 0.25) is 0 Å². The fourth-order valence-electron chi connectivity index (χ4n) is 3.12. The molecule has 1 aliphatic rings. The predicted octanol–water partition coefficient (Wildman–Crippen LogP) is 2.04. The summed E-state index contributed by atoms with van der Waals surface area (Å²) in [5, 5.41) is 22.2. The Morgan fingerprint density at radius 2 is 1.88 bits per heavy atom. The number of fused-ring (bicyclic) bond motifs is 1. The number of Topliss-reactive ketones (excluding diaryl/α,β-unsaturated/α-hetero) is 1. The van der Waals surface area contributed by atoms with Crippen LogP contribution in [0.3, 0.4) is 0 Å². The number of anilines is 1. The summed E-state index contributed by atoms with van der Waals surface area (Å²) in [6.07, 6.45) is 4.68. The highest BCUT2D eigenvalue weighted by Crippen LogP contribution is 2.43. The standard InChI is InChI=1S/C19H14N2O5/c1-2-11-20-16-10-6-4-8-14(16)19(24,18(20)23)12-17(22)13-7-3-5-9-15(13)21(25)26/h1,3-10,24H,11-12H2. The number of rotatable bonds is 5. The minimum Gasteiger partial charge on any atom is -0.375 e. The summed E-state index contributed by atoms with van der Waals surface area (Å²) >= 11 is 0. The molecule has 0 bridgehead atoms. The molecular weight excluding hydrogens is 336 g/mol. The van der Waals surface area contributed by atoms with E-state index >= 15 is 0 Å². The maximum absolute atomic E-state index is 12.8. The number of nitro groups is 1. The van der Waals surface area contributed by atoms with Gasteiger partial charge >= 0.3 is 0 Å². The number of nitro benzene ring substituents is 1. The molecule has 0 radical (unpaired) electrons. The molecule has 26 heavy (non-hydrogen) atoms. The van der Waals surface area contributed by atoms with Crippen molar-refractivity contribution in [2.75, 3.05) is 11.4 Å². The molecule has 1 amide bonds. The number of benzene rings is 2. The highest BCUT2D eigenvalue weighted by atomic mass is 16.6. The van der Waals surface area contributed by atoms with E-state index in [1.807, 2.05) is 0 Å². The van der Waals surface area contributed by atoms with Crippen LogP contribution in [0, 0.1) is 22.5 Å². The number of amides is 1. The van der Waals surface area contributed by atoms with Gasteiger partial charge in [0.2, 0.25) is 0 Å². The van der Waals surface area contributed by atoms with Crippen molar-refractivity contribution in [1.82, 2.24) is 0 Å². The number of aliphatic hydroxyl groups is 1. The van der Waals surface area contributed by atoms with Gasteiger partial charge in [-0.2, -0.15) is 0 Å². The van der Waals surface area contributed by atoms with Crippen molar-refractivity contribution in [3.63, 3.8) is 0 Å². The predicted molar refractivity (Wildman–Crippen MR) is 93.6 cm³/mol. The van der Waals surface area contributed by atoms with E-state index in [0.29, 0.717) is 5.69 Å². The van der Waals surface area contributed by atoms with E-state index in [0.717, 1.165) is 0 Å². The van der Waals surface area contributed by atoms with Crippen LogP contribution in [-0.2, 0) is 10.4 Å². The normalized spacial score (nSPS) is 18.3. The second-order valence-corrected chi connectivity index (χ2v) is 5.85. The van der Waals surface area contributed by atoms with Crippen LogP contribution in [-0.4, -0.2) is 28.3 Å². The molecule has 1 atom stereocenters. The third-order valence-corrected chi connectivity index (χ3v) is 4.31. The highest BCUT2D eigenvalue weighted by molar-refractivity contribution is 6.11. The van der Waals surface area contributed by atoms with Gasteiger partial charge in [-0.1, -0.05) is 36.3 Å². The summed E-state index contributed by atoms with van der Waals surface area (Å²) in [7, 11) is 0. The number of hydrogen-bond acceptors (Lipinski definition) is 5. The fraction of sp³-hybridized carbons (Fsp3) is 0.158. The highest BCUT2D eigenvalue weighted by Gasteiger charge is 2.51. The summed E-state index contributed by atoms with van der Waals surface area (Å²) in [6.45, 7) is -0.0577. The maximum atomic E-state index is 12.8. The van der Waals surface area contributed by atoms with E-state index < -0.39 is 28.6 Å². The first kappa shape index (κ1) is 17.3. The van der Waals surface area contributed by atoms with Crippen LogP contribution < -0.4 is 4.90 Å². The molecule has 1 aliphatic heterocycles. The molecular formula is C19H14N2O5. The summed E-state index contributed by atoms with van der Waals surface area (Å²) < 4.78 is 0. The lowest BCUT2D eigenvalue weighted by Crippen LogP contribution is -2.42. The summed E-state index contributed by atoms with van der Waals surface area (Å²) in [6, 6.07) is 11.9. The van der Waals surface area contributed by atoms with E-state index in [4.69, 9.17) is 6.42 Å². The molecule has 0 saturated heterocycles. The first-order chi connectivity index (χ1) is 12.4. The SMILES string of the molecule is C#CCN1C(=O)C(O)(CC(=O)c2ccccc2[N+](=O)[O-])c2ccccc21. The molecule has 1 heterocycles. The Hall–Kier alpha value is -3.50. The molecule has 2 aromatic rings. The van der Waals surface area contributed by atoms with Gasteiger partial charge in [0, 0.05) is 11.6 Å². The van der Waals surface area contributed by atoms with Crippen molar-refractivity contribution >= 4 is 23.1 Å². The van der Waals surface area contributed by atoms with Crippen molar-refractivity contribution in [2.45, 2.75) is 12.0 Å². The number of carbonyl (C=O) groups is 2. The third-order valence-electron chi connectivity index (χ3n) is 4.31. The van der Waals surface area contributed by atoms with E-state index in [2.05, 4.69) is 5.92 Å². The topological polar surface area (TPSA) is 101 Å². The van der Waals surface area contributed by atoms with Crippen LogP contribution >= 0.6 is 0 Å². The molecule has 7 heteroatoms. The molecule has 0 fully saturated rings. The van der Waals surface area contributed by atoms with Gasteiger partial charge in [0.15, 0.2) is 11.4 Å². The van der Waals surface area contributed by atoms with E-state index in [-0.39, 0.29) is 23.4 Å². The van der Waals surface area contributed by atoms with E-state index in [1.165, 1.54) is 35.2 Å². The Labute approximate surface area is 149 Å². The Morgan fingerprint density at radius 1 is 1.23 bits per heavy atom. The molecule has 3 rings (SSSR count). The minimum absolute atomic E-state index is 0.0577. The van der Waals surface area contributed by atoms with E-state index in [9.17, 15) is 24.8 Å². The lowest BCUT2D eigenvalue weighted by atomic mass is 9.88. The second-order valence-electron chi connectivity index (χ2n) is 5.85. The number of terminal acetylenes is 1. The molecule has 2 aromatic carbocycles. The van der Waals surface area contributed by atoms with Gasteiger partial charge in [0.1, 0.15) is 0 Å². The van der Waals surface area contributed by atoms with Gasteiger partial charge in [0.05, 0.1) is 29.1 Å². The molecule has 1 N–H and O–H groups in total. The van der Waals surface area contributed by atoms with Crippen LogP contribution in [0.25, 0.3) is 0 Å². The zero-order chi connectivity index (χ0) is 18.9. The average molecular weight is 350 g/mol. The Balaban J connectivity index is 2.02. The number of para-hydroxylation sites is 2.